The minimum absolute atomic E-state index is 0.0741. The lowest BCUT2D eigenvalue weighted by molar-refractivity contribution is -0.137. The summed E-state index contributed by atoms with van der Waals surface area (Å²) in [5.41, 5.74) is 1.01. The van der Waals surface area contributed by atoms with Gasteiger partial charge in [-0.15, -0.1) is 0 Å². The fourth-order valence-corrected chi connectivity index (χ4v) is 1.74. The van der Waals surface area contributed by atoms with Crippen LogP contribution in [-0.2, 0) is 6.54 Å². The van der Waals surface area contributed by atoms with Crippen molar-refractivity contribution in [2.24, 2.45) is 0 Å². The number of hydrogen-bond acceptors (Lipinski definition) is 2. The van der Waals surface area contributed by atoms with Crippen molar-refractivity contribution in [3.05, 3.63) is 35.1 Å². The second kappa shape index (κ2) is 8.01. The Kier molecular flexibility index (Phi) is 6.66. The molecular formula is C15H17F4NO. The molecule has 0 fully saturated rings. The van der Waals surface area contributed by atoms with E-state index in [0.29, 0.717) is 11.1 Å². The van der Waals surface area contributed by atoms with Crippen LogP contribution in [0.5, 0.6) is 0 Å². The molecule has 1 aromatic carbocycles. The third-order valence-electron chi connectivity index (χ3n) is 2.66. The molecule has 0 spiro atoms. The van der Waals surface area contributed by atoms with Gasteiger partial charge in [-0.25, -0.2) is 4.39 Å². The first-order chi connectivity index (χ1) is 9.80. The van der Waals surface area contributed by atoms with Crippen LogP contribution >= 0.6 is 0 Å². The average molecular weight is 303 g/mol. The van der Waals surface area contributed by atoms with Crippen LogP contribution in [0.2, 0.25) is 0 Å². The Morgan fingerprint density at radius 2 is 1.95 bits per heavy atom. The van der Waals surface area contributed by atoms with Crippen LogP contribution in [0.3, 0.4) is 0 Å². The summed E-state index contributed by atoms with van der Waals surface area (Å²) in [6, 6.07) is 4.17. The molecule has 0 bridgehead atoms. The van der Waals surface area contributed by atoms with E-state index < -0.39 is 18.4 Å². The zero-order valence-corrected chi connectivity index (χ0v) is 11.7. The quantitative estimate of drug-likeness (QED) is 0.668. The van der Waals surface area contributed by atoms with Crippen LogP contribution in [0.15, 0.2) is 18.2 Å². The van der Waals surface area contributed by atoms with Crippen molar-refractivity contribution >= 4 is 0 Å². The predicted octanol–water partition coefficient (Wildman–Crippen LogP) is 2.94. The van der Waals surface area contributed by atoms with Gasteiger partial charge < -0.3 is 10.0 Å². The van der Waals surface area contributed by atoms with Crippen LogP contribution in [-0.4, -0.2) is 36.4 Å². The lowest BCUT2D eigenvalue weighted by atomic mass is 10.1. The average Bonchev–Trinajstić information content (AvgIpc) is 2.35. The summed E-state index contributed by atoms with van der Waals surface area (Å²) in [6.45, 7) is -0.0105. The van der Waals surface area contributed by atoms with Crippen molar-refractivity contribution in [3.8, 4) is 11.8 Å². The third-order valence-corrected chi connectivity index (χ3v) is 2.66. The second-order valence-electron chi connectivity index (χ2n) is 4.73. The van der Waals surface area contributed by atoms with Gasteiger partial charge in [0, 0.05) is 25.1 Å². The van der Waals surface area contributed by atoms with E-state index in [-0.39, 0.29) is 26.1 Å². The zero-order valence-electron chi connectivity index (χ0n) is 11.7. The fourth-order valence-electron chi connectivity index (χ4n) is 1.74. The number of aliphatic hydroxyl groups is 1. The second-order valence-corrected chi connectivity index (χ2v) is 4.73. The normalized spacial score (nSPS) is 11.4. The van der Waals surface area contributed by atoms with Crippen molar-refractivity contribution in [1.82, 2.24) is 4.90 Å². The molecule has 1 rings (SSSR count). The van der Waals surface area contributed by atoms with Gasteiger partial charge in [0.25, 0.3) is 0 Å². The van der Waals surface area contributed by atoms with E-state index in [1.165, 1.54) is 17.0 Å². The Labute approximate surface area is 121 Å². The van der Waals surface area contributed by atoms with Gasteiger partial charge in [0.1, 0.15) is 5.82 Å². The SMILES string of the molecule is CN(CCC(F)(F)F)Cc1cc(F)cc(C#CCCO)c1. The topological polar surface area (TPSA) is 23.5 Å². The molecule has 0 radical (unpaired) electrons. The van der Waals surface area contributed by atoms with Gasteiger partial charge in [0.15, 0.2) is 0 Å². The van der Waals surface area contributed by atoms with Crippen molar-refractivity contribution in [2.45, 2.75) is 25.6 Å². The van der Waals surface area contributed by atoms with Crippen molar-refractivity contribution < 1.29 is 22.7 Å². The number of hydrogen-bond donors (Lipinski definition) is 1. The van der Waals surface area contributed by atoms with Gasteiger partial charge >= 0.3 is 6.18 Å². The number of nitrogens with zero attached hydrogens (tertiary/aromatic N) is 1. The molecule has 0 aromatic heterocycles. The molecule has 0 atom stereocenters. The molecule has 0 saturated carbocycles. The maximum absolute atomic E-state index is 13.4. The first kappa shape index (κ1) is 17.5. The van der Waals surface area contributed by atoms with Gasteiger partial charge in [0.2, 0.25) is 0 Å². The van der Waals surface area contributed by atoms with Gasteiger partial charge in [-0.2, -0.15) is 13.2 Å². The molecule has 0 amide bonds. The van der Waals surface area contributed by atoms with Gasteiger partial charge in [0.05, 0.1) is 13.0 Å². The summed E-state index contributed by atoms with van der Waals surface area (Å²) in [5, 5.41) is 8.62. The van der Waals surface area contributed by atoms with E-state index in [1.807, 2.05) is 0 Å². The van der Waals surface area contributed by atoms with E-state index in [1.54, 1.807) is 13.1 Å². The van der Waals surface area contributed by atoms with E-state index in [4.69, 9.17) is 5.11 Å². The summed E-state index contributed by atoms with van der Waals surface area (Å²) in [4.78, 5) is 1.48. The summed E-state index contributed by atoms with van der Waals surface area (Å²) < 4.78 is 49.8. The predicted molar refractivity (Wildman–Crippen MR) is 72.0 cm³/mol. The molecule has 0 aliphatic carbocycles. The lowest BCUT2D eigenvalue weighted by Crippen LogP contribution is -2.24. The monoisotopic (exact) mass is 303 g/mol. The Balaban J connectivity index is 2.68. The molecule has 0 unspecified atom stereocenters. The summed E-state index contributed by atoms with van der Waals surface area (Å²) >= 11 is 0. The Bertz CT molecular complexity index is 517. The fraction of sp³-hybridized carbons (Fsp3) is 0.467. The molecule has 1 N–H and O–H groups in total. The molecule has 1 aromatic rings. The number of aliphatic hydroxyl groups excluding tert-OH is 1. The number of halogens is 4. The maximum Gasteiger partial charge on any atom is 0.390 e. The largest absolute Gasteiger partial charge is 0.395 e. The summed E-state index contributed by atoms with van der Waals surface area (Å²) in [5.74, 6) is 4.90. The highest BCUT2D eigenvalue weighted by Crippen LogP contribution is 2.20. The highest BCUT2D eigenvalue weighted by molar-refractivity contribution is 5.37. The standard InChI is InChI=1S/C15H17F4NO/c1-20(6-5-15(17,18)19)11-13-8-12(4-2-3-7-21)9-14(16)10-13/h8-10,21H,3,5-7,11H2,1H3. The summed E-state index contributed by atoms with van der Waals surface area (Å²) in [7, 11) is 1.55. The van der Waals surface area contributed by atoms with Crippen molar-refractivity contribution in [1.29, 1.82) is 0 Å². The van der Waals surface area contributed by atoms with Crippen molar-refractivity contribution in [2.75, 3.05) is 20.2 Å². The molecule has 6 heteroatoms. The van der Waals surface area contributed by atoms with Crippen LogP contribution < -0.4 is 0 Å². The highest BCUT2D eigenvalue weighted by atomic mass is 19.4. The molecule has 0 aliphatic heterocycles. The van der Waals surface area contributed by atoms with E-state index in [2.05, 4.69) is 11.8 Å². The van der Waals surface area contributed by atoms with Gasteiger partial charge in [-0.05, 0) is 30.8 Å². The zero-order chi connectivity index (χ0) is 15.9. The minimum atomic E-state index is -4.20. The molecular weight excluding hydrogens is 286 g/mol. The number of rotatable bonds is 5. The van der Waals surface area contributed by atoms with Gasteiger partial charge in [-0.1, -0.05) is 11.8 Å². The third kappa shape index (κ3) is 7.69. The first-order valence-corrected chi connectivity index (χ1v) is 6.44. The van der Waals surface area contributed by atoms with E-state index in [0.717, 1.165) is 0 Å². The van der Waals surface area contributed by atoms with E-state index >= 15 is 0 Å². The summed E-state index contributed by atoms with van der Waals surface area (Å²) in [6.07, 6.45) is -4.81. The molecule has 21 heavy (non-hydrogen) atoms. The molecule has 2 nitrogen and oxygen atoms in total. The maximum atomic E-state index is 13.4. The molecule has 0 heterocycles. The van der Waals surface area contributed by atoms with Gasteiger partial charge in [-0.3, -0.25) is 0 Å². The highest BCUT2D eigenvalue weighted by Gasteiger charge is 2.27. The Morgan fingerprint density at radius 3 is 2.57 bits per heavy atom. The van der Waals surface area contributed by atoms with Crippen LogP contribution in [0.1, 0.15) is 24.0 Å². The molecule has 0 aliphatic rings. The minimum Gasteiger partial charge on any atom is -0.395 e. The van der Waals surface area contributed by atoms with Crippen molar-refractivity contribution in [3.63, 3.8) is 0 Å². The number of alkyl halides is 3. The molecule has 0 saturated heterocycles. The van der Waals surface area contributed by atoms with Crippen LogP contribution in [0.25, 0.3) is 0 Å². The smallest absolute Gasteiger partial charge is 0.390 e. The van der Waals surface area contributed by atoms with E-state index in [9.17, 15) is 17.6 Å². The first-order valence-electron chi connectivity index (χ1n) is 6.44. The molecule has 116 valence electrons. The van der Waals surface area contributed by atoms with Crippen LogP contribution in [0.4, 0.5) is 17.6 Å². The number of benzene rings is 1. The Hall–Kier alpha value is -1.58. The Morgan fingerprint density at radius 1 is 1.24 bits per heavy atom. The lowest BCUT2D eigenvalue weighted by Gasteiger charge is -2.17. The van der Waals surface area contributed by atoms with Crippen LogP contribution in [0, 0.1) is 17.7 Å².